The zero-order valence-electron chi connectivity index (χ0n) is 13.1. The van der Waals surface area contributed by atoms with Gasteiger partial charge in [-0.15, -0.1) is 12.4 Å². The van der Waals surface area contributed by atoms with Crippen LogP contribution in [0.15, 0.2) is 16.8 Å². The molecule has 1 aliphatic heterocycles. The van der Waals surface area contributed by atoms with Crippen LogP contribution in [-0.4, -0.2) is 54.4 Å². The van der Waals surface area contributed by atoms with Crippen LogP contribution in [0.2, 0.25) is 0 Å². The summed E-state index contributed by atoms with van der Waals surface area (Å²) in [5.74, 6) is 0.182. The molecule has 1 aliphatic carbocycles. The molecule has 2 aliphatic rings. The number of carbonyl (C=O) groups is 1. The van der Waals surface area contributed by atoms with Gasteiger partial charge in [-0.05, 0) is 35.2 Å². The molecule has 1 spiro atoms. The number of aliphatic hydroxyl groups is 1. The molecule has 5 nitrogen and oxygen atoms in total. The Hall–Kier alpha value is -0.660. The summed E-state index contributed by atoms with van der Waals surface area (Å²) in [4.78, 5) is 14.3. The molecule has 0 bridgehead atoms. The average molecular weight is 361 g/mol. The van der Waals surface area contributed by atoms with Gasteiger partial charge in [-0.3, -0.25) is 4.79 Å². The highest BCUT2D eigenvalue weighted by Crippen LogP contribution is 2.50. The van der Waals surface area contributed by atoms with Gasteiger partial charge in [0, 0.05) is 31.5 Å². The number of rotatable bonds is 5. The predicted octanol–water partition coefficient (Wildman–Crippen LogP) is 1.43. The molecule has 1 aromatic heterocycles. The molecular weight excluding hydrogens is 336 g/mol. The van der Waals surface area contributed by atoms with Crippen molar-refractivity contribution >= 4 is 29.7 Å². The zero-order valence-corrected chi connectivity index (χ0v) is 14.8. The Balaban J connectivity index is 0.00000192. The van der Waals surface area contributed by atoms with E-state index in [2.05, 4.69) is 0 Å². The number of hydrogen-bond acceptors (Lipinski definition) is 5. The van der Waals surface area contributed by atoms with Crippen LogP contribution in [-0.2, 0) is 16.0 Å². The van der Waals surface area contributed by atoms with Gasteiger partial charge in [0.1, 0.15) is 0 Å². The number of carbonyl (C=O) groups excluding carboxylic acids is 1. The summed E-state index contributed by atoms with van der Waals surface area (Å²) >= 11 is 1.62. The van der Waals surface area contributed by atoms with Crippen molar-refractivity contribution in [3.8, 4) is 0 Å². The number of nitrogens with two attached hydrogens (primary N) is 1. The normalized spacial score (nSPS) is 25.7. The maximum absolute atomic E-state index is 12.3. The van der Waals surface area contributed by atoms with Crippen molar-refractivity contribution in [3.05, 3.63) is 22.4 Å². The lowest BCUT2D eigenvalue weighted by molar-refractivity contribution is -0.210. The number of thiophene rings is 1. The zero-order chi connectivity index (χ0) is 15.6. The van der Waals surface area contributed by atoms with Crippen LogP contribution in [0.3, 0.4) is 0 Å². The molecule has 0 aromatic carbocycles. The maximum atomic E-state index is 12.3. The van der Waals surface area contributed by atoms with Gasteiger partial charge < -0.3 is 20.5 Å². The van der Waals surface area contributed by atoms with Crippen LogP contribution in [0.1, 0.15) is 24.8 Å². The van der Waals surface area contributed by atoms with E-state index in [9.17, 15) is 9.90 Å². The van der Waals surface area contributed by atoms with E-state index in [0.29, 0.717) is 39.1 Å². The van der Waals surface area contributed by atoms with Crippen molar-refractivity contribution < 1.29 is 14.6 Å². The third-order valence-corrected chi connectivity index (χ3v) is 5.89. The number of piperidine rings is 1. The minimum Gasteiger partial charge on any atom is -0.392 e. The molecule has 23 heavy (non-hydrogen) atoms. The first kappa shape index (κ1) is 18.7. The minimum atomic E-state index is -0.301. The van der Waals surface area contributed by atoms with Gasteiger partial charge >= 0.3 is 0 Å². The Morgan fingerprint density at radius 1 is 1.48 bits per heavy atom. The highest BCUT2D eigenvalue weighted by atomic mass is 35.5. The first-order valence-corrected chi connectivity index (χ1v) is 8.88. The molecule has 2 atom stereocenters. The molecule has 1 aromatic rings. The van der Waals surface area contributed by atoms with Gasteiger partial charge in [-0.25, -0.2) is 0 Å². The number of nitrogens with zero attached hydrogens (tertiary/aromatic N) is 1. The van der Waals surface area contributed by atoms with Crippen molar-refractivity contribution in [1.29, 1.82) is 0 Å². The molecule has 7 heteroatoms. The fourth-order valence-corrected chi connectivity index (χ4v) is 4.35. The second-order valence-corrected chi connectivity index (χ2v) is 7.10. The Morgan fingerprint density at radius 3 is 2.78 bits per heavy atom. The van der Waals surface area contributed by atoms with E-state index in [0.717, 1.165) is 18.4 Å². The summed E-state index contributed by atoms with van der Waals surface area (Å²) in [6.45, 7) is 2.47. The Labute approximate surface area is 147 Å². The van der Waals surface area contributed by atoms with Crippen LogP contribution < -0.4 is 5.73 Å². The van der Waals surface area contributed by atoms with Crippen LogP contribution in [0.4, 0.5) is 0 Å². The molecule has 3 N–H and O–H groups in total. The maximum Gasteiger partial charge on any atom is 0.227 e. The average Bonchev–Trinajstić information content (AvgIpc) is 3.04. The molecule has 3 rings (SSSR count). The van der Waals surface area contributed by atoms with Gasteiger partial charge in [0.15, 0.2) is 0 Å². The van der Waals surface area contributed by atoms with E-state index in [1.807, 2.05) is 21.7 Å². The van der Waals surface area contributed by atoms with Gasteiger partial charge in [0.2, 0.25) is 5.91 Å². The van der Waals surface area contributed by atoms with Crippen molar-refractivity contribution in [2.75, 3.05) is 26.2 Å². The molecule has 1 saturated heterocycles. The highest BCUT2D eigenvalue weighted by molar-refractivity contribution is 7.07. The predicted molar refractivity (Wildman–Crippen MR) is 92.9 cm³/mol. The number of hydrogen-bond donors (Lipinski definition) is 2. The Morgan fingerprint density at radius 2 is 2.22 bits per heavy atom. The lowest BCUT2D eigenvalue weighted by Crippen LogP contribution is -2.63. The summed E-state index contributed by atoms with van der Waals surface area (Å²) in [6, 6.07) is 2.00. The largest absolute Gasteiger partial charge is 0.392 e. The van der Waals surface area contributed by atoms with Crippen LogP contribution >= 0.6 is 23.7 Å². The lowest BCUT2D eigenvalue weighted by atomic mass is 9.58. The SMILES string of the molecule is Cl.NCCO[C@H]1C[C@@H](O)C12CCN(C(=O)Cc1ccsc1)CC2. The van der Waals surface area contributed by atoms with E-state index in [1.165, 1.54) is 0 Å². The van der Waals surface area contributed by atoms with Crippen LogP contribution in [0, 0.1) is 5.41 Å². The van der Waals surface area contributed by atoms with Crippen LogP contribution in [0.25, 0.3) is 0 Å². The van der Waals surface area contributed by atoms with E-state index in [-0.39, 0.29) is 35.9 Å². The summed E-state index contributed by atoms with van der Waals surface area (Å²) in [6.07, 6.45) is 2.61. The van der Waals surface area contributed by atoms with Crippen LogP contribution in [0.5, 0.6) is 0 Å². The first-order chi connectivity index (χ1) is 10.7. The van der Waals surface area contributed by atoms with E-state index in [1.54, 1.807) is 11.3 Å². The second-order valence-electron chi connectivity index (χ2n) is 6.32. The quantitative estimate of drug-likeness (QED) is 0.832. The van der Waals surface area contributed by atoms with Crippen molar-refractivity contribution in [1.82, 2.24) is 4.90 Å². The number of likely N-dealkylation sites (tertiary alicyclic amines) is 1. The third kappa shape index (κ3) is 3.72. The monoisotopic (exact) mass is 360 g/mol. The molecule has 1 amide bonds. The lowest BCUT2D eigenvalue weighted by Gasteiger charge is -2.56. The van der Waals surface area contributed by atoms with Gasteiger partial charge in [-0.1, -0.05) is 0 Å². The highest BCUT2D eigenvalue weighted by Gasteiger charge is 2.56. The van der Waals surface area contributed by atoms with Gasteiger partial charge in [-0.2, -0.15) is 11.3 Å². The smallest absolute Gasteiger partial charge is 0.227 e. The topological polar surface area (TPSA) is 75.8 Å². The van der Waals surface area contributed by atoms with Crippen molar-refractivity contribution in [2.24, 2.45) is 11.1 Å². The summed E-state index contributed by atoms with van der Waals surface area (Å²) in [7, 11) is 0. The van der Waals surface area contributed by atoms with Gasteiger partial charge in [0.25, 0.3) is 0 Å². The van der Waals surface area contributed by atoms with Gasteiger partial charge in [0.05, 0.1) is 25.2 Å². The minimum absolute atomic E-state index is 0. The number of halogens is 1. The van der Waals surface area contributed by atoms with E-state index >= 15 is 0 Å². The molecule has 2 fully saturated rings. The standard InChI is InChI=1S/C16H24N2O3S.ClH/c17-4-7-21-14-10-13(19)16(14)2-5-18(6-3-16)15(20)9-12-1-8-22-11-12;/h1,8,11,13-14,19H,2-7,9-10,17H2;1H/t13-,14+;/m1./s1. The number of aliphatic hydroxyl groups excluding tert-OH is 1. The third-order valence-electron chi connectivity index (χ3n) is 5.16. The Kier molecular flexibility index (Phi) is 6.45. The Bertz CT molecular complexity index is 503. The summed E-state index contributed by atoms with van der Waals surface area (Å²) in [5, 5.41) is 14.2. The summed E-state index contributed by atoms with van der Waals surface area (Å²) < 4.78 is 5.78. The summed E-state index contributed by atoms with van der Waals surface area (Å²) in [5.41, 5.74) is 6.42. The van der Waals surface area contributed by atoms with Crippen molar-refractivity contribution in [3.63, 3.8) is 0 Å². The molecule has 2 heterocycles. The fraction of sp³-hybridized carbons (Fsp3) is 0.688. The fourth-order valence-electron chi connectivity index (χ4n) is 3.68. The molecule has 130 valence electrons. The van der Waals surface area contributed by atoms with E-state index in [4.69, 9.17) is 10.5 Å². The molecule has 0 radical (unpaired) electrons. The number of ether oxygens (including phenoxy) is 1. The molecule has 1 saturated carbocycles. The molecular formula is C16H25ClN2O3S. The number of amides is 1. The van der Waals surface area contributed by atoms with E-state index < -0.39 is 0 Å². The first-order valence-electron chi connectivity index (χ1n) is 7.94. The molecule has 0 unspecified atom stereocenters. The second kappa shape index (κ2) is 7.94. The van der Waals surface area contributed by atoms with Crippen molar-refractivity contribution in [2.45, 2.75) is 37.9 Å².